The van der Waals surface area contributed by atoms with Crippen LogP contribution in [0.25, 0.3) is 11.5 Å². The van der Waals surface area contributed by atoms with Crippen LogP contribution in [-0.2, 0) is 4.79 Å². The molecule has 2 amide bonds. The van der Waals surface area contributed by atoms with Crippen molar-refractivity contribution in [2.75, 3.05) is 6.54 Å². The summed E-state index contributed by atoms with van der Waals surface area (Å²) < 4.78 is 18.4. The third-order valence-corrected chi connectivity index (χ3v) is 5.91. The number of carbonyl (C=O) groups is 2. The molecule has 0 aliphatic carbocycles. The van der Waals surface area contributed by atoms with Gasteiger partial charge in [-0.2, -0.15) is 4.98 Å². The van der Waals surface area contributed by atoms with E-state index in [1.807, 2.05) is 31.4 Å². The van der Waals surface area contributed by atoms with Gasteiger partial charge >= 0.3 is 0 Å². The van der Waals surface area contributed by atoms with Crippen LogP contribution in [0.1, 0.15) is 41.8 Å². The van der Waals surface area contributed by atoms with Crippen LogP contribution >= 0.6 is 11.3 Å². The molecule has 1 aliphatic rings. The Morgan fingerprint density at radius 2 is 2.10 bits per heavy atom. The lowest BCUT2D eigenvalue weighted by Gasteiger charge is -2.39. The first-order valence-corrected chi connectivity index (χ1v) is 10.5. The van der Waals surface area contributed by atoms with E-state index in [2.05, 4.69) is 15.5 Å². The van der Waals surface area contributed by atoms with E-state index in [4.69, 9.17) is 4.52 Å². The highest BCUT2D eigenvalue weighted by Crippen LogP contribution is 2.28. The summed E-state index contributed by atoms with van der Waals surface area (Å²) in [4.78, 5) is 32.8. The number of piperazine rings is 1. The first kappa shape index (κ1) is 20.2. The summed E-state index contributed by atoms with van der Waals surface area (Å²) >= 11 is 1.53. The molecular formula is C21H21FN4O3S. The molecule has 30 heavy (non-hydrogen) atoms. The molecule has 156 valence electrons. The molecule has 0 bridgehead atoms. The van der Waals surface area contributed by atoms with Crippen molar-refractivity contribution in [3.05, 3.63) is 58.3 Å². The number of thiophene rings is 1. The van der Waals surface area contributed by atoms with E-state index < -0.39 is 11.9 Å². The van der Waals surface area contributed by atoms with Crippen LogP contribution in [0.2, 0.25) is 0 Å². The second-order valence-corrected chi connectivity index (χ2v) is 8.59. The van der Waals surface area contributed by atoms with Crippen LogP contribution < -0.4 is 5.32 Å². The minimum absolute atomic E-state index is 0.120. The number of benzene rings is 1. The molecule has 1 aliphatic heterocycles. The van der Waals surface area contributed by atoms with Gasteiger partial charge in [0.25, 0.3) is 17.6 Å². The Kier molecular flexibility index (Phi) is 5.63. The highest BCUT2D eigenvalue weighted by molar-refractivity contribution is 7.10. The summed E-state index contributed by atoms with van der Waals surface area (Å²) in [6.07, 6.45) is 0.525. The average Bonchev–Trinajstić information content (AvgIpc) is 3.41. The van der Waals surface area contributed by atoms with Crippen LogP contribution in [0.5, 0.6) is 0 Å². The molecule has 0 radical (unpaired) electrons. The van der Waals surface area contributed by atoms with Crippen LogP contribution in [0.4, 0.5) is 4.39 Å². The first-order valence-electron chi connectivity index (χ1n) is 9.66. The SMILES string of the molecule is CC(C)C[C@H]1C(=O)N[C@@H](c2cccs2)CN1C(=O)c1noc(-c2ccc(F)cc2)n1. The van der Waals surface area contributed by atoms with E-state index in [1.165, 1.54) is 40.5 Å². The lowest BCUT2D eigenvalue weighted by molar-refractivity contribution is -0.130. The van der Waals surface area contributed by atoms with Crippen molar-refractivity contribution in [2.45, 2.75) is 32.4 Å². The molecule has 3 aromatic rings. The summed E-state index contributed by atoms with van der Waals surface area (Å²) in [6, 6.07) is 8.50. The number of rotatable bonds is 5. The third kappa shape index (κ3) is 4.11. The van der Waals surface area contributed by atoms with Crippen LogP contribution in [0.3, 0.4) is 0 Å². The zero-order chi connectivity index (χ0) is 21.3. The highest BCUT2D eigenvalue weighted by Gasteiger charge is 2.40. The molecule has 1 N–H and O–H groups in total. The largest absolute Gasteiger partial charge is 0.345 e. The molecule has 2 atom stereocenters. The molecule has 0 saturated carbocycles. The standard InChI is InChI=1S/C21H21FN4O3S/c1-12(2)10-16-19(27)23-15(17-4-3-9-30-17)11-26(16)21(28)18-24-20(29-25-18)13-5-7-14(22)8-6-13/h3-9,12,15-16H,10-11H2,1-2H3,(H,23,27)/t15-,16+/m1/s1. The van der Waals surface area contributed by atoms with Gasteiger partial charge in [-0.1, -0.05) is 25.1 Å². The highest BCUT2D eigenvalue weighted by atomic mass is 32.1. The summed E-state index contributed by atoms with van der Waals surface area (Å²) in [7, 11) is 0. The number of aromatic nitrogens is 2. The second-order valence-electron chi connectivity index (χ2n) is 7.61. The Bertz CT molecular complexity index is 1030. The number of amides is 2. The van der Waals surface area contributed by atoms with E-state index in [0.29, 0.717) is 18.5 Å². The number of carbonyl (C=O) groups excluding carboxylic acids is 2. The second kappa shape index (κ2) is 8.35. The number of hydrogen-bond acceptors (Lipinski definition) is 6. The van der Waals surface area contributed by atoms with Gasteiger partial charge < -0.3 is 14.7 Å². The van der Waals surface area contributed by atoms with Gasteiger partial charge in [0.1, 0.15) is 11.9 Å². The van der Waals surface area contributed by atoms with Gasteiger partial charge in [-0.3, -0.25) is 9.59 Å². The Balaban J connectivity index is 1.61. The predicted octanol–water partition coefficient (Wildman–Crippen LogP) is 3.67. The maximum atomic E-state index is 13.3. The van der Waals surface area contributed by atoms with Gasteiger partial charge in [0, 0.05) is 17.0 Å². The van der Waals surface area contributed by atoms with Gasteiger partial charge in [0.15, 0.2) is 0 Å². The third-order valence-electron chi connectivity index (χ3n) is 4.93. The van der Waals surface area contributed by atoms with E-state index in [1.54, 1.807) is 0 Å². The van der Waals surface area contributed by atoms with Crippen molar-refractivity contribution < 1.29 is 18.5 Å². The van der Waals surface area contributed by atoms with Crippen molar-refractivity contribution in [3.63, 3.8) is 0 Å². The van der Waals surface area contributed by atoms with Crippen molar-refractivity contribution in [1.29, 1.82) is 0 Å². The van der Waals surface area contributed by atoms with Crippen molar-refractivity contribution >= 4 is 23.2 Å². The van der Waals surface area contributed by atoms with E-state index in [9.17, 15) is 14.0 Å². The normalized spacial score (nSPS) is 19.2. The fourth-order valence-electron chi connectivity index (χ4n) is 3.48. The van der Waals surface area contributed by atoms with Crippen LogP contribution in [-0.4, -0.2) is 39.4 Å². The smallest absolute Gasteiger partial charge is 0.296 e. The fourth-order valence-corrected chi connectivity index (χ4v) is 4.25. The number of halogens is 1. The summed E-state index contributed by atoms with van der Waals surface area (Å²) in [5.41, 5.74) is 0.509. The number of nitrogens with zero attached hydrogens (tertiary/aromatic N) is 3. The van der Waals surface area contributed by atoms with E-state index in [0.717, 1.165) is 4.88 Å². The molecule has 9 heteroatoms. The molecule has 0 unspecified atom stereocenters. The zero-order valence-electron chi connectivity index (χ0n) is 16.5. The summed E-state index contributed by atoms with van der Waals surface area (Å²) in [5.74, 6) is -0.824. The lowest BCUT2D eigenvalue weighted by atomic mass is 9.97. The Morgan fingerprint density at radius 3 is 2.77 bits per heavy atom. The van der Waals surface area contributed by atoms with Crippen molar-refractivity contribution in [1.82, 2.24) is 20.4 Å². The monoisotopic (exact) mass is 428 g/mol. The maximum absolute atomic E-state index is 13.3. The maximum Gasteiger partial charge on any atom is 0.296 e. The van der Waals surface area contributed by atoms with Crippen molar-refractivity contribution in [3.8, 4) is 11.5 Å². The fraction of sp³-hybridized carbons (Fsp3) is 0.333. The van der Waals surface area contributed by atoms with Crippen LogP contribution in [0, 0.1) is 11.7 Å². The predicted molar refractivity (Wildman–Crippen MR) is 109 cm³/mol. The molecule has 4 rings (SSSR count). The number of nitrogens with one attached hydrogen (secondary N) is 1. The Morgan fingerprint density at radius 1 is 1.33 bits per heavy atom. The van der Waals surface area contributed by atoms with E-state index in [-0.39, 0.29) is 35.4 Å². The molecule has 1 saturated heterocycles. The summed E-state index contributed by atoms with van der Waals surface area (Å²) in [5, 5.41) is 8.77. The first-order chi connectivity index (χ1) is 14.4. The minimum atomic E-state index is -0.610. The molecule has 3 heterocycles. The van der Waals surface area contributed by atoms with Gasteiger partial charge in [0.2, 0.25) is 5.91 Å². The quantitative estimate of drug-likeness (QED) is 0.670. The van der Waals surface area contributed by atoms with E-state index >= 15 is 0 Å². The average molecular weight is 428 g/mol. The van der Waals surface area contributed by atoms with Crippen LogP contribution in [0.15, 0.2) is 46.3 Å². The molecule has 0 spiro atoms. The Hall–Kier alpha value is -3.07. The molecule has 1 fully saturated rings. The van der Waals surface area contributed by atoms with Gasteiger partial charge in [-0.05, 0) is 48.1 Å². The molecule has 2 aromatic heterocycles. The Labute approximate surface area is 176 Å². The van der Waals surface area contributed by atoms with Gasteiger partial charge in [0.05, 0.1) is 6.04 Å². The molecular weight excluding hydrogens is 407 g/mol. The minimum Gasteiger partial charge on any atom is -0.345 e. The lowest BCUT2D eigenvalue weighted by Crippen LogP contribution is -2.58. The van der Waals surface area contributed by atoms with Gasteiger partial charge in [-0.25, -0.2) is 4.39 Å². The molecule has 1 aromatic carbocycles. The van der Waals surface area contributed by atoms with Crippen molar-refractivity contribution in [2.24, 2.45) is 5.92 Å². The summed E-state index contributed by atoms with van der Waals surface area (Å²) in [6.45, 7) is 4.33. The zero-order valence-corrected chi connectivity index (χ0v) is 17.4. The topological polar surface area (TPSA) is 88.3 Å². The number of hydrogen-bond donors (Lipinski definition) is 1. The van der Waals surface area contributed by atoms with Gasteiger partial charge in [-0.15, -0.1) is 11.3 Å². The molecule has 7 nitrogen and oxygen atoms in total.